The Morgan fingerprint density at radius 3 is 2.15 bits per heavy atom. The van der Waals surface area contributed by atoms with E-state index in [1.165, 1.54) is 49.9 Å². The number of likely N-dealkylation sites (N-methyl/N-ethyl adjacent to an activating group) is 2. The number of ether oxygens (including phenoxy) is 2. The molecule has 4 rings (SSSR count). The van der Waals surface area contributed by atoms with Crippen molar-refractivity contribution < 1.29 is 22.7 Å². The number of amides is 1. The van der Waals surface area contributed by atoms with Gasteiger partial charge in [0.1, 0.15) is 12.4 Å². The summed E-state index contributed by atoms with van der Waals surface area (Å²) in [6, 6.07) is 4.34. The molecule has 1 aromatic carbocycles. The SMILES string of the molecule is COc1cc(C)c(S(=O)(=O)N(C)CCOCC(=O)N(C)C2CCC(N3CCN(CC4CC4)CC3)CC2)c(C)c1. The number of carbonyl (C=O) groups excluding carboxylic acids is 1. The molecule has 0 N–H and O–H groups in total. The van der Waals surface area contributed by atoms with Gasteiger partial charge in [-0.05, 0) is 81.5 Å². The van der Waals surface area contributed by atoms with Crippen molar-refractivity contribution in [2.24, 2.45) is 5.92 Å². The van der Waals surface area contributed by atoms with Gasteiger partial charge in [0.2, 0.25) is 15.9 Å². The molecular formula is C29H48N4O5S. The van der Waals surface area contributed by atoms with E-state index in [9.17, 15) is 13.2 Å². The minimum Gasteiger partial charge on any atom is -0.497 e. The highest BCUT2D eigenvalue weighted by Crippen LogP contribution is 2.31. The molecule has 1 aromatic rings. The van der Waals surface area contributed by atoms with Crippen molar-refractivity contribution >= 4 is 15.9 Å². The van der Waals surface area contributed by atoms with Crippen LogP contribution in [0.1, 0.15) is 49.7 Å². The Morgan fingerprint density at radius 1 is 0.974 bits per heavy atom. The molecule has 0 atom stereocenters. The van der Waals surface area contributed by atoms with Crippen LogP contribution >= 0.6 is 0 Å². The van der Waals surface area contributed by atoms with Crippen LogP contribution in [0.4, 0.5) is 0 Å². The van der Waals surface area contributed by atoms with Crippen molar-refractivity contribution in [2.75, 3.05) is 73.7 Å². The summed E-state index contributed by atoms with van der Waals surface area (Å²) in [5.74, 6) is 1.55. The first-order valence-electron chi connectivity index (χ1n) is 14.5. The summed E-state index contributed by atoms with van der Waals surface area (Å²) in [5, 5.41) is 0. The first-order chi connectivity index (χ1) is 18.6. The zero-order valence-electron chi connectivity index (χ0n) is 24.5. The Bertz CT molecular complexity index is 1050. The van der Waals surface area contributed by atoms with Gasteiger partial charge < -0.3 is 19.3 Å². The lowest BCUT2D eigenvalue weighted by Crippen LogP contribution is -2.52. The van der Waals surface area contributed by atoms with Gasteiger partial charge in [0.05, 0.1) is 18.6 Å². The summed E-state index contributed by atoms with van der Waals surface area (Å²) < 4.78 is 38.5. The molecule has 0 radical (unpaired) electrons. The van der Waals surface area contributed by atoms with Crippen molar-refractivity contribution in [1.29, 1.82) is 0 Å². The fraction of sp³-hybridized carbons (Fsp3) is 0.759. The number of nitrogens with zero attached hydrogens (tertiary/aromatic N) is 4. The lowest BCUT2D eigenvalue weighted by molar-refractivity contribution is -0.137. The van der Waals surface area contributed by atoms with E-state index in [1.807, 2.05) is 11.9 Å². The Labute approximate surface area is 235 Å². The summed E-state index contributed by atoms with van der Waals surface area (Å²) in [4.78, 5) is 20.2. The highest BCUT2D eigenvalue weighted by Gasteiger charge is 2.32. The molecule has 3 fully saturated rings. The molecule has 220 valence electrons. The molecule has 2 saturated carbocycles. The average molecular weight is 565 g/mol. The maximum Gasteiger partial charge on any atom is 0.248 e. The number of rotatable bonds is 12. The molecule has 2 aliphatic carbocycles. The smallest absolute Gasteiger partial charge is 0.248 e. The molecule has 3 aliphatic rings. The second kappa shape index (κ2) is 13.3. The van der Waals surface area contributed by atoms with Gasteiger partial charge in [-0.25, -0.2) is 8.42 Å². The van der Waals surface area contributed by atoms with E-state index in [4.69, 9.17) is 9.47 Å². The first kappa shape index (κ1) is 30.2. The number of hydrogen-bond acceptors (Lipinski definition) is 7. The van der Waals surface area contributed by atoms with Crippen LogP contribution < -0.4 is 4.74 Å². The largest absolute Gasteiger partial charge is 0.497 e. The normalized spacial score (nSPS) is 23.2. The van der Waals surface area contributed by atoms with Crippen molar-refractivity contribution in [2.45, 2.75) is 69.4 Å². The number of hydrogen-bond donors (Lipinski definition) is 0. The molecule has 1 heterocycles. The van der Waals surface area contributed by atoms with E-state index in [0.717, 1.165) is 31.6 Å². The predicted molar refractivity (Wildman–Crippen MR) is 153 cm³/mol. The zero-order chi connectivity index (χ0) is 28.2. The Morgan fingerprint density at radius 2 is 1.59 bits per heavy atom. The Hall–Kier alpha value is -1.72. The van der Waals surface area contributed by atoms with Crippen molar-refractivity contribution in [3.8, 4) is 5.75 Å². The summed E-state index contributed by atoms with van der Waals surface area (Å²) in [6.07, 6.45) is 7.17. The second-order valence-corrected chi connectivity index (χ2v) is 13.7. The van der Waals surface area contributed by atoms with Crippen LogP contribution in [0, 0.1) is 19.8 Å². The Balaban J connectivity index is 1.15. The van der Waals surface area contributed by atoms with Crippen molar-refractivity contribution in [1.82, 2.24) is 19.0 Å². The molecule has 39 heavy (non-hydrogen) atoms. The first-order valence-corrected chi connectivity index (χ1v) is 16.0. The summed E-state index contributed by atoms with van der Waals surface area (Å²) in [5.41, 5.74) is 1.28. The van der Waals surface area contributed by atoms with Gasteiger partial charge in [-0.1, -0.05) is 0 Å². The maximum atomic E-state index is 13.2. The van der Waals surface area contributed by atoms with Crippen molar-refractivity contribution in [3.05, 3.63) is 23.3 Å². The quantitative estimate of drug-likeness (QED) is 0.361. The van der Waals surface area contributed by atoms with Crippen LogP contribution in [-0.2, 0) is 19.6 Å². The van der Waals surface area contributed by atoms with Crippen LogP contribution in [0.25, 0.3) is 0 Å². The average Bonchev–Trinajstić information content (AvgIpc) is 3.74. The molecular weight excluding hydrogens is 516 g/mol. The van der Waals surface area contributed by atoms with Crippen LogP contribution in [-0.4, -0.2) is 119 Å². The molecule has 0 bridgehead atoms. The molecule has 0 spiro atoms. The number of methoxy groups -OCH3 is 1. The van der Waals surface area contributed by atoms with E-state index in [0.29, 0.717) is 22.9 Å². The van der Waals surface area contributed by atoms with Gasteiger partial charge in [-0.3, -0.25) is 9.69 Å². The predicted octanol–water partition coefficient (Wildman–Crippen LogP) is 2.75. The fourth-order valence-electron chi connectivity index (χ4n) is 6.16. The van der Waals surface area contributed by atoms with Gasteiger partial charge >= 0.3 is 0 Å². The number of carbonyl (C=O) groups is 1. The minimum absolute atomic E-state index is 0.0339. The number of benzene rings is 1. The molecule has 0 aromatic heterocycles. The second-order valence-electron chi connectivity index (χ2n) is 11.7. The summed E-state index contributed by atoms with van der Waals surface area (Å²) in [7, 11) is 1.30. The third-order valence-electron chi connectivity index (χ3n) is 8.86. The van der Waals surface area contributed by atoms with Crippen LogP contribution in [0.2, 0.25) is 0 Å². The van der Waals surface area contributed by atoms with E-state index < -0.39 is 10.0 Å². The van der Waals surface area contributed by atoms with E-state index in [2.05, 4.69) is 9.80 Å². The van der Waals surface area contributed by atoms with Gasteiger partial charge in [-0.15, -0.1) is 0 Å². The monoisotopic (exact) mass is 564 g/mol. The molecule has 1 aliphatic heterocycles. The highest BCUT2D eigenvalue weighted by molar-refractivity contribution is 7.89. The molecule has 0 unspecified atom stereocenters. The molecule has 10 heteroatoms. The molecule has 1 amide bonds. The van der Waals surface area contributed by atoms with Crippen molar-refractivity contribution in [3.63, 3.8) is 0 Å². The van der Waals surface area contributed by atoms with Crippen LogP contribution in [0.5, 0.6) is 5.75 Å². The third kappa shape index (κ3) is 7.73. The van der Waals surface area contributed by atoms with E-state index in [-0.39, 0.29) is 36.6 Å². The molecule has 9 nitrogen and oxygen atoms in total. The lowest BCUT2D eigenvalue weighted by Gasteiger charge is -2.43. The maximum absolute atomic E-state index is 13.2. The summed E-state index contributed by atoms with van der Waals surface area (Å²) in [6.45, 7) is 9.86. The standard InChI is InChI=1S/C29H48N4O5S/c1-22-18-27(37-5)19-23(2)29(22)39(35,36)30(3)16-17-38-21-28(34)31(4)25-8-10-26(11-9-25)33-14-12-32(13-15-33)20-24-6-7-24/h18-19,24-26H,6-17,20-21H2,1-5H3. The molecule has 1 saturated heterocycles. The minimum atomic E-state index is -3.68. The van der Waals surface area contributed by atoms with Crippen LogP contribution in [0.15, 0.2) is 17.0 Å². The number of aryl methyl sites for hydroxylation is 2. The fourth-order valence-corrected chi connectivity index (χ4v) is 7.71. The van der Waals surface area contributed by atoms with Gasteiger partial charge in [0.15, 0.2) is 0 Å². The number of sulfonamides is 1. The van der Waals surface area contributed by atoms with E-state index in [1.54, 1.807) is 40.1 Å². The van der Waals surface area contributed by atoms with E-state index >= 15 is 0 Å². The lowest BCUT2D eigenvalue weighted by atomic mass is 9.89. The number of piperazine rings is 1. The third-order valence-corrected chi connectivity index (χ3v) is 11.0. The van der Waals surface area contributed by atoms with Gasteiger partial charge in [0.25, 0.3) is 0 Å². The zero-order valence-corrected chi connectivity index (χ0v) is 25.3. The summed E-state index contributed by atoms with van der Waals surface area (Å²) >= 11 is 0. The highest BCUT2D eigenvalue weighted by atomic mass is 32.2. The Kier molecular flexibility index (Phi) is 10.3. The van der Waals surface area contributed by atoms with Crippen LogP contribution in [0.3, 0.4) is 0 Å². The van der Waals surface area contributed by atoms with Gasteiger partial charge in [0, 0.05) is 65.4 Å². The topological polar surface area (TPSA) is 82.6 Å². The van der Waals surface area contributed by atoms with Gasteiger partial charge in [-0.2, -0.15) is 4.31 Å².